The number of hydrogen-bond acceptors (Lipinski definition) is 2. The van der Waals surface area contributed by atoms with Crippen LogP contribution in [-0.4, -0.2) is 26.3 Å². The van der Waals surface area contributed by atoms with Crippen LogP contribution in [0.1, 0.15) is 5.56 Å². The molecule has 0 aliphatic heterocycles. The van der Waals surface area contributed by atoms with Crippen LogP contribution in [-0.2, 0) is 0 Å². The van der Waals surface area contributed by atoms with E-state index in [4.69, 9.17) is 0 Å². The Morgan fingerprint density at radius 1 is 1.00 bits per heavy atom. The van der Waals surface area contributed by atoms with Crippen LogP contribution in [0.4, 0.5) is 0 Å². The second-order valence-electron chi connectivity index (χ2n) is 7.34. The average molecular weight is 377 g/mol. The van der Waals surface area contributed by atoms with Gasteiger partial charge in [0.25, 0.3) is 0 Å². The van der Waals surface area contributed by atoms with Crippen molar-refractivity contribution in [2.75, 3.05) is 0 Å². The van der Waals surface area contributed by atoms with Crippen LogP contribution >= 0.6 is 15.9 Å². The molecular formula is C16H21BrN2Si2. The molecule has 2 aromatic rings. The molecule has 0 radical (unpaired) electrons. The molecule has 1 aromatic heterocycles. The van der Waals surface area contributed by atoms with Gasteiger partial charge in [-0.15, -0.1) is 5.54 Å². The number of fused-ring (bicyclic) bond motifs is 1. The van der Waals surface area contributed by atoms with Crippen LogP contribution in [0.2, 0.25) is 39.3 Å². The second kappa shape index (κ2) is 5.67. The standard InChI is InChI=1S/C16H21BrN2Si2/c1-20(2,3)10-9-12-7-8-14-13(11-12)15(17)16(19-18-14)21(4,5)6/h7-8,11H,1-6H3. The first kappa shape index (κ1) is 16.4. The molecule has 1 aromatic carbocycles. The molecule has 1 heterocycles. The van der Waals surface area contributed by atoms with Crippen LogP contribution in [0.25, 0.3) is 10.9 Å². The summed E-state index contributed by atoms with van der Waals surface area (Å²) >= 11 is 3.74. The number of nitrogens with zero attached hydrogens (tertiary/aromatic N) is 2. The molecule has 110 valence electrons. The van der Waals surface area contributed by atoms with Crippen molar-refractivity contribution in [3.05, 3.63) is 28.2 Å². The molecular weight excluding hydrogens is 356 g/mol. The summed E-state index contributed by atoms with van der Waals surface area (Å²) in [6, 6.07) is 6.17. The minimum atomic E-state index is -1.51. The highest BCUT2D eigenvalue weighted by atomic mass is 79.9. The molecule has 0 amide bonds. The Bertz CT molecular complexity index is 747. The minimum Gasteiger partial charge on any atom is -0.159 e. The second-order valence-corrected chi connectivity index (χ2v) is 17.9. The van der Waals surface area contributed by atoms with Gasteiger partial charge in [-0.1, -0.05) is 45.2 Å². The number of benzene rings is 1. The van der Waals surface area contributed by atoms with E-state index >= 15 is 0 Å². The Labute approximate surface area is 137 Å². The van der Waals surface area contributed by atoms with Crippen molar-refractivity contribution in [3.8, 4) is 11.5 Å². The predicted molar refractivity (Wildman–Crippen MR) is 100 cm³/mol. The van der Waals surface area contributed by atoms with E-state index in [0.29, 0.717) is 0 Å². The molecule has 0 N–H and O–H groups in total. The molecule has 0 bridgehead atoms. The molecule has 2 rings (SSSR count). The van der Waals surface area contributed by atoms with Gasteiger partial charge < -0.3 is 0 Å². The van der Waals surface area contributed by atoms with Crippen LogP contribution in [0.15, 0.2) is 22.7 Å². The summed E-state index contributed by atoms with van der Waals surface area (Å²) in [4.78, 5) is 0. The molecule has 2 nitrogen and oxygen atoms in total. The van der Waals surface area contributed by atoms with Gasteiger partial charge in [-0.2, -0.15) is 10.2 Å². The monoisotopic (exact) mass is 376 g/mol. The van der Waals surface area contributed by atoms with Gasteiger partial charge in [0.2, 0.25) is 0 Å². The molecule has 5 heteroatoms. The van der Waals surface area contributed by atoms with E-state index in [9.17, 15) is 0 Å². The maximum Gasteiger partial charge on any atom is 0.129 e. The van der Waals surface area contributed by atoms with E-state index in [2.05, 4.69) is 82.9 Å². The molecule has 0 saturated carbocycles. The van der Waals surface area contributed by atoms with Crippen molar-refractivity contribution in [1.82, 2.24) is 10.2 Å². The van der Waals surface area contributed by atoms with Crippen molar-refractivity contribution >= 4 is 48.3 Å². The largest absolute Gasteiger partial charge is 0.159 e. The summed E-state index contributed by atoms with van der Waals surface area (Å²) < 4.78 is 1.09. The summed E-state index contributed by atoms with van der Waals surface area (Å²) in [7, 11) is -2.87. The summed E-state index contributed by atoms with van der Waals surface area (Å²) in [5, 5.41) is 11.0. The van der Waals surface area contributed by atoms with Crippen molar-refractivity contribution in [2.24, 2.45) is 0 Å². The Kier molecular flexibility index (Phi) is 4.43. The lowest BCUT2D eigenvalue weighted by Crippen LogP contribution is -2.41. The van der Waals surface area contributed by atoms with E-state index in [0.717, 1.165) is 26.3 Å². The van der Waals surface area contributed by atoms with Gasteiger partial charge in [-0.3, -0.25) is 0 Å². The van der Waals surface area contributed by atoms with Crippen LogP contribution in [0.5, 0.6) is 0 Å². The highest BCUT2D eigenvalue weighted by Crippen LogP contribution is 2.23. The van der Waals surface area contributed by atoms with Gasteiger partial charge in [-0.25, -0.2) is 0 Å². The van der Waals surface area contributed by atoms with Crippen LogP contribution in [0, 0.1) is 11.5 Å². The Morgan fingerprint density at radius 2 is 1.67 bits per heavy atom. The normalized spacial score (nSPS) is 12.1. The maximum absolute atomic E-state index is 4.43. The van der Waals surface area contributed by atoms with Crippen molar-refractivity contribution in [1.29, 1.82) is 0 Å². The smallest absolute Gasteiger partial charge is 0.129 e. The van der Waals surface area contributed by atoms with Crippen molar-refractivity contribution in [2.45, 2.75) is 39.3 Å². The molecule has 0 fully saturated rings. The first-order valence-electron chi connectivity index (χ1n) is 7.07. The molecule has 0 spiro atoms. The van der Waals surface area contributed by atoms with E-state index in [-0.39, 0.29) is 0 Å². The Hall–Kier alpha value is -0.966. The Morgan fingerprint density at radius 3 is 2.24 bits per heavy atom. The zero-order valence-electron chi connectivity index (χ0n) is 13.5. The highest BCUT2D eigenvalue weighted by molar-refractivity contribution is 9.10. The van der Waals surface area contributed by atoms with E-state index < -0.39 is 16.1 Å². The third-order valence-electron chi connectivity index (χ3n) is 2.99. The summed E-state index contributed by atoms with van der Waals surface area (Å²) in [5.41, 5.74) is 5.39. The fraction of sp³-hybridized carbons (Fsp3) is 0.375. The Balaban J connectivity index is 2.60. The van der Waals surface area contributed by atoms with Gasteiger partial charge in [0.05, 0.1) is 10.8 Å². The first-order valence-corrected chi connectivity index (χ1v) is 14.9. The fourth-order valence-electron chi connectivity index (χ4n) is 1.89. The lowest BCUT2D eigenvalue weighted by molar-refractivity contribution is 1.09. The van der Waals surface area contributed by atoms with E-state index in [1.54, 1.807) is 0 Å². The molecule has 0 unspecified atom stereocenters. The van der Waals surface area contributed by atoms with Crippen LogP contribution < -0.4 is 5.32 Å². The van der Waals surface area contributed by atoms with Gasteiger partial charge in [0.1, 0.15) is 16.1 Å². The summed E-state index contributed by atoms with van der Waals surface area (Å²) in [6.45, 7) is 13.6. The lowest BCUT2D eigenvalue weighted by Gasteiger charge is -2.17. The predicted octanol–water partition coefficient (Wildman–Crippen LogP) is 4.17. The van der Waals surface area contributed by atoms with Gasteiger partial charge in [-0.05, 0) is 34.1 Å². The lowest BCUT2D eigenvalue weighted by atomic mass is 10.1. The maximum atomic E-state index is 4.43. The van der Waals surface area contributed by atoms with E-state index in [1.165, 1.54) is 0 Å². The zero-order valence-corrected chi connectivity index (χ0v) is 17.1. The fourth-order valence-corrected chi connectivity index (χ4v) is 5.73. The van der Waals surface area contributed by atoms with Gasteiger partial charge >= 0.3 is 0 Å². The number of aromatic nitrogens is 2. The molecule has 0 aliphatic carbocycles. The molecule has 21 heavy (non-hydrogen) atoms. The number of hydrogen-bond donors (Lipinski definition) is 0. The number of rotatable bonds is 1. The average Bonchev–Trinajstić information content (AvgIpc) is 2.34. The topological polar surface area (TPSA) is 25.8 Å². The first-order chi connectivity index (χ1) is 9.58. The van der Waals surface area contributed by atoms with Gasteiger partial charge in [0, 0.05) is 15.4 Å². The van der Waals surface area contributed by atoms with E-state index in [1.807, 2.05) is 12.1 Å². The number of halogens is 1. The summed E-state index contributed by atoms with van der Waals surface area (Å²) in [5.74, 6) is 3.32. The van der Waals surface area contributed by atoms with Crippen molar-refractivity contribution < 1.29 is 0 Å². The molecule has 0 saturated heterocycles. The highest BCUT2D eigenvalue weighted by Gasteiger charge is 2.23. The molecule has 0 atom stereocenters. The quantitative estimate of drug-likeness (QED) is 0.551. The third kappa shape index (κ3) is 4.03. The van der Waals surface area contributed by atoms with Gasteiger partial charge in [0.15, 0.2) is 0 Å². The SMILES string of the molecule is C[Si](C)(C)C#Cc1ccc2nnc([Si](C)(C)C)c(Br)c2c1. The summed E-state index contributed by atoms with van der Waals surface area (Å²) in [6.07, 6.45) is 0. The molecule has 0 aliphatic rings. The zero-order chi connectivity index (χ0) is 15.8. The van der Waals surface area contributed by atoms with Crippen molar-refractivity contribution in [3.63, 3.8) is 0 Å². The third-order valence-corrected chi connectivity index (χ3v) is 6.81. The van der Waals surface area contributed by atoms with Crippen LogP contribution in [0.3, 0.4) is 0 Å². The minimum absolute atomic E-state index is 0.919.